The van der Waals surface area contributed by atoms with Crippen molar-refractivity contribution in [1.29, 1.82) is 0 Å². The Balaban J connectivity index is 2.10. The highest BCUT2D eigenvalue weighted by molar-refractivity contribution is 5.80. The molecule has 0 spiro atoms. The van der Waals surface area contributed by atoms with Crippen LogP contribution >= 0.6 is 0 Å². The van der Waals surface area contributed by atoms with Crippen LogP contribution < -0.4 is 10.5 Å². The molecule has 1 aliphatic heterocycles. The average molecular weight is 275 g/mol. The SMILES string of the molecule is CC(C)CN1C(N)=NCC1c1ccc(OC(C)C)cc1. The van der Waals surface area contributed by atoms with Gasteiger partial charge in [0.1, 0.15) is 5.75 Å². The highest BCUT2D eigenvalue weighted by atomic mass is 16.5. The van der Waals surface area contributed by atoms with Crippen molar-refractivity contribution in [1.82, 2.24) is 4.90 Å². The molecule has 0 aromatic heterocycles. The third kappa shape index (κ3) is 3.44. The highest BCUT2D eigenvalue weighted by Crippen LogP contribution is 2.28. The van der Waals surface area contributed by atoms with Crippen LogP contribution in [0.25, 0.3) is 0 Å². The van der Waals surface area contributed by atoms with E-state index in [1.807, 2.05) is 26.0 Å². The summed E-state index contributed by atoms with van der Waals surface area (Å²) in [5.41, 5.74) is 7.24. The zero-order valence-corrected chi connectivity index (χ0v) is 12.8. The molecule has 0 fully saturated rings. The van der Waals surface area contributed by atoms with Crippen molar-refractivity contribution in [2.45, 2.75) is 39.8 Å². The summed E-state index contributed by atoms with van der Waals surface area (Å²) in [5, 5.41) is 0. The van der Waals surface area contributed by atoms with E-state index in [0.717, 1.165) is 18.8 Å². The average Bonchev–Trinajstić information content (AvgIpc) is 2.71. The summed E-state index contributed by atoms with van der Waals surface area (Å²) < 4.78 is 5.68. The second kappa shape index (κ2) is 6.16. The maximum atomic E-state index is 6.00. The number of rotatable bonds is 5. The molecule has 1 heterocycles. The van der Waals surface area contributed by atoms with Gasteiger partial charge in [0.2, 0.25) is 0 Å². The Kier molecular flexibility index (Phi) is 4.53. The molecule has 20 heavy (non-hydrogen) atoms. The molecule has 1 aromatic carbocycles. The maximum Gasteiger partial charge on any atom is 0.191 e. The summed E-state index contributed by atoms with van der Waals surface area (Å²) >= 11 is 0. The van der Waals surface area contributed by atoms with Gasteiger partial charge in [-0.25, -0.2) is 0 Å². The number of nitrogens with zero attached hydrogens (tertiary/aromatic N) is 2. The molecule has 1 atom stereocenters. The number of nitrogens with two attached hydrogens (primary N) is 1. The largest absolute Gasteiger partial charge is 0.491 e. The molecule has 0 aliphatic carbocycles. The second-order valence-corrected chi connectivity index (χ2v) is 6.00. The smallest absolute Gasteiger partial charge is 0.191 e. The molecule has 0 radical (unpaired) electrons. The van der Waals surface area contributed by atoms with Crippen LogP contribution in [0, 0.1) is 5.92 Å². The Morgan fingerprint density at radius 3 is 2.45 bits per heavy atom. The summed E-state index contributed by atoms with van der Waals surface area (Å²) in [6, 6.07) is 8.54. The van der Waals surface area contributed by atoms with E-state index in [1.165, 1.54) is 5.56 Å². The molecule has 4 heteroatoms. The fourth-order valence-corrected chi connectivity index (χ4v) is 2.47. The molecule has 110 valence electrons. The van der Waals surface area contributed by atoms with Gasteiger partial charge in [0, 0.05) is 6.54 Å². The third-order valence-corrected chi connectivity index (χ3v) is 3.30. The minimum atomic E-state index is 0.198. The number of aliphatic imine (C=N–C) groups is 1. The molecule has 4 nitrogen and oxygen atoms in total. The molecule has 0 saturated carbocycles. The fraction of sp³-hybridized carbons (Fsp3) is 0.562. The summed E-state index contributed by atoms with van der Waals surface area (Å²) in [6.07, 6.45) is 0.198. The van der Waals surface area contributed by atoms with Crippen LogP contribution in [0.4, 0.5) is 0 Å². The highest BCUT2D eigenvalue weighted by Gasteiger charge is 2.27. The van der Waals surface area contributed by atoms with E-state index in [9.17, 15) is 0 Å². The lowest BCUT2D eigenvalue weighted by atomic mass is 10.0. The van der Waals surface area contributed by atoms with Gasteiger partial charge in [0.15, 0.2) is 5.96 Å². The van der Waals surface area contributed by atoms with Crippen LogP contribution in [0.2, 0.25) is 0 Å². The van der Waals surface area contributed by atoms with Crippen LogP contribution in [0.3, 0.4) is 0 Å². The number of hydrogen-bond donors (Lipinski definition) is 1. The van der Waals surface area contributed by atoms with Crippen LogP contribution in [-0.4, -0.2) is 30.1 Å². The van der Waals surface area contributed by atoms with Crippen LogP contribution in [0.15, 0.2) is 29.3 Å². The summed E-state index contributed by atoms with van der Waals surface area (Å²) in [4.78, 5) is 6.59. The maximum absolute atomic E-state index is 6.00. The molecular formula is C16H25N3O. The minimum absolute atomic E-state index is 0.198. The Hall–Kier alpha value is -1.71. The van der Waals surface area contributed by atoms with E-state index in [-0.39, 0.29) is 12.1 Å². The molecule has 0 bridgehead atoms. The van der Waals surface area contributed by atoms with E-state index < -0.39 is 0 Å². The monoisotopic (exact) mass is 275 g/mol. The first-order valence-corrected chi connectivity index (χ1v) is 7.30. The summed E-state index contributed by atoms with van der Waals surface area (Å²) in [6.45, 7) is 10.1. The Morgan fingerprint density at radius 2 is 1.90 bits per heavy atom. The Bertz CT molecular complexity index is 465. The first kappa shape index (κ1) is 14.7. The number of ether oxygens (including phenoxy) is 1. The van der Waals surface area contributed by atoms with Crippen LogP contribution in [0.5, 0.6) is 5.75 Å². The zero-order chi connectivity index (χ0) is 14.7. The van der Waals surface area contributed by atoms with Gasteiger partial charge in [-0.05, 0) is 37.5 Å². The number of benzene rings is 1. The fourth-order valence-electron chi connectivity index (χ4n) is 2.47. The van der Waals surface area contributed by atoms with Gasteiger partial charge in [-0.3, -0.25) is 4.99 Å². The first-order valence-electron chi connectivity index (χ1n) is 7.30. The lowest BCUT2D eigenvalue weighted by Gasteiger charge is -2.28. The predicted molar refractivity (Wildman–Crippen MR) is 83.0 cm³/mol. The minimum Gasteiger partial charge on any atom is -0.491 e. The van der Waals surface area contributed by atoms with Crippen molar-refractivity contribution in [3.05, 3.63) is 29.8 Å². The number of guanidine groups is 1. The van der Waals surface area contributed by atoms with Crippen molar-refractivity contribution >= 4 is 5.96 Å². The quantitative estimate of drug-likeness (QED) is 0.899. The van der Waals surface area contributed by atoms with Crippen LogP contribution in [0.1, 0.15) is 39.3 Å². The van der Waals surface area contributed by atoms with E-state index in [1.54, 1.807) is 0 Å². The molecule has 1 unspecified atom stereocenters. The van der Waals surface area contributed by atoms with Gasteiger partial charge in [-0.2, -0.15) is 0 Å². The van der Waals surface area contributed by atoms with Crippen molar-refractivity contribution < 1.29 is 4.74 Å². The van der Waals surface area contributed by atoms with Gasteiger partial charge in [-0.15, -0.1) is 0 Å². The lowest BCUT2D eigenvalue weighted by molar-refractivity contribution is 0.242. The van der Waals surface area contributed by atoms with Crippen molar-refractivity contribution in [2.24, 2.45) is 16.6 Å². The van der Waals surface area contributed by atoms with E-state index >= 15 is 0 Å². The van der Waals surface area contributed by atoms with E-state index in [0.29, 0.717) is 11.9 Å². The van der Waals surface area contributed by atoms with Gasteiger partial charge in [0.25, 0.3) is 0 Å². The first-order chi connectivity index (χ1) is 9.47. The van der Waals surface area contributed by atoms with E-state index in [2.05, 4.69) is 35.9 Å². The predicted octanol–water partition coefficient (Wildman–Crippen LogP) is 2.80. The Morgan fingerprint density at radius 1 is 1.25 bits per heavy atom. The van der Waals surface area contributed by atoms with Crippen molar-refractivity contribution in [2.75, 3.05) is 13.1 Å². The third-order valence-electron chi connectivity index (χ3n) is 3.30. The molecule has 0 saturated heterocycles. The topological polar surface area (TPSA) is 50.8 Å². The summed E-state index contributed by atoms with van der Waals surface area (Å²) in [7, 11) is 0. The van der Waals surface area contributed by atoms with Gasteiger partial charge < -0.3 is 15.4 Å². The second-order valence-electron chi connectivity index (χ2n) is 6.00. The van der Waals surface area contributed by atoms with Gasteiger partial charge >= 0.3 is 0 Å². The summed E-state index contributed by atoms with van der Waals surface area (Å²) in [5.74, 6) is 2.13. The lowest BCUT2D eigenvalue weighted by Crippen LogP contribution is -2.38. The molecule has 0 amide bonds. The molecule has 2 rings (SSSR count). The normalized spacial score (nSPS) is 18.8. The van der Waals surface area contributed by atoms with Crippen LogP contribution in [-0.2, 0) is 0 Å². The molecule has 1 aromatic rings. The van der Waals surface area contributed by atoms with Crippen molar-refractivity contribution in [3.8, 4) is 5.75 Å². The van der Waals surface area contributed by atoms with Gasteiger partial charge in [0.05, 0.1) is 18.7 Å². The number of hydrogen-bond acceptors (Lipinski definition) is 4. The van der Waals surface area contributed by atoms with Crippen molar-refractivity contribution in [3.63, 3.8) is 0 Å². The zero-order valence-electron chi connectivity index (χ0n) is 12.8. The van der Waals surface area contributed by atoms with E-state index in [4.69, 9.17) is 10.5 Å². The van der Waals surface area contributed by atoms with Gasteiger partial charge in [-0.1, -0.05) is 26.0 Å². The molecule has 1 aliphatic rings. The molecule has 2 N–H and O–H groups in total. The standard InChI is InChI=1S/C16H25N3O/c1-11(2)10-19-15(9-18-16(19)17)13-5-7-14(8-6-13)20-12(3)4/h5-8,11-12,15H,9-10H2,1-4H3,(H2,17,18). The molecular weight excluding hydrogens is 250 g/mol. The Labute approximate surface area is 121 Å².